The van der Waals surface area contributed by atoms with E-state index in [1.54, 1.807) is 24.3 Å². The molecule has 0 aromatic heterocycles. The molecule has 32 heavy (non-hydrogen) atoms. The number of hydrogen-bond donors (Lipinski definition) is 2. The van der Waals surface area contributed by atoms with Crippen LogP contribution in [0.3, 0.4) is 0 Å². The fourth-order valence-electron chi connectivity index (χ4n) is 4.25. The van der Waals surface area contributed by atoms with E-state index in [4.69, 9.17) is 0 Å². The zero-order valence-electron chi connectivity index (χ0n) is 19.2. The van der Waals surface area contributed by atoms with Gasteiger partial charge >= 0.3 is 0 Å². The molecule has 0 bridgehead atoms. The van der Waals surface area contributed by atoms with Gasteiger partial charge in [-0.05, 0) is 49.3 Å². The molecule has 0 radical (unpaired) electrons. The maximum Gasteiger partial charge on any atom is 0.255 e. The van der Waals surface area contributed by atoms with Crippen LogP contribution in [0.1, 0.15) is 48.2 Å². The second kappa shape index (κ2) is 10.9. The van der Waals surface area contributed by atoms with Crippen LogP contribution in [0.4, 0.5) is 5.69 Å². The molecular formula is C26H33N3O3. The van der Waals surface area contributed by atoms with Gasteiger partial charge in [0, 0.05) is 19.5 Å². The van der Waals surface area contributed by atoms with Crippen LogP contribution in [-0.2, 0) is 16.0 Å². The Morgan fingerprint density at radius 2 is 1.59 bits per heavy atom. The number of rotatable bonds is 7. The highest BCUT2D eigenvalue weighted by molar-refractivity contribution is 6.04. The van der Waals surface area contributed by atoms with Crippen LogP contribution in [0.2, 0.25) is 0 Å². The summed E-state index contributed by atoms with van der Waals surface area (Å²) < 4.78 is 0. The maximum atomic E-state index is 13.1. The average molecular weight is 436 g/mol. The third kappa shape index (κ3) is 6.67. The predicted molar refractivity (Wildman–Crippen MR) is 126 cm³/mol. The summed E-state index contributed by atoms with van der Waals surface area (Å²) in [5, 5.41) is 5.45. The molecule has 0 spiro atoms. The predicted octanol–water partition coefficient (Wildman–Crippen LogP) is 3.80. The zero-order chi connectivity index (χ0) is 23.1. The van der Waals surface area contributed by atoms with Gasteiger partial charge in [0.2, 0.25) is 11.8 Å². The van der Waals surface area contributed by atoms with Crippen LogP contribution in [-0.4, -0.2) is 42.3 Å². The SMILES string of the molecule is Cc1ccc(CCC(=O)NCC(=O)Nc2ccccc2C(=O)N2CC(C)CC(C)C2)cc1. The highest BCUT2D eigenvalue weighted by Gasteiger charge is 2.27. The van der Waals surface area contributed by atoms with E-state index < -0.39 is 0 Å². The zero-order valence-corrected chi connectivity index (χ0v) is 19.2. The fourth-order valence-corrected chi connectivity index (χ4v) is 4.25. The molecule has 2 atom stereocenters. The Bertz CT molecular complexity index is 945. The lowest BCUT2D eigenvalue weighted by Gasteiger charge is -2.35. The first-order chi connectivity index (χ1) is 15.3. The molecule has 6 nitrogen and oxygen atoms in total. The monoisotopic (exact) mass is 435 g/mol. The van der Waals surface area contributed by atoms with Gasteiger partial charge in [0.05, 0.1) is 17.8 Å². The number of likely N-dealkylation sites (tertiary alicyclic amines) is 1. The van der Waals surface area contributed by atoms with E-state index >= 15 is 0 Å². The van der Waals surface area contributed by atoms with Crippen molar-refractivity contribution in [3.63, 3.8) is 0 Å². The van der Waals surface area contributed by atoms with Gasteiger partial charge < -0.3 is 15.5 Å². The van der Waals surface area contributed by atoms with Gasteiger partial charge in [-0.3, -0.25) is 14.4 Å². The molecule has 2 aromatic rings. The molecule has 2 N–H and O–H groups in total. The summed E-state index contributed by atoms with van der Waals surface area (Å²) in [5.41, 5.74) is 3.22. The van der Waals surface area contributed by atoms with Crippen LogP contribution < -0.4 is 10.6 Å². The molecule has 2 aromatic carbocycles. The molecule has 3 rings (SSSR count). The standard InChI is InChI=1S/C26H33N3O3/c1-18-8-10-21(11-9-18)12-13-24(30)27-15-25(31)28-23-7-5-4-6-22(23)26(32)29-16-19(2)14-20(3)17-29/h4-11,19-20H,12-17H2,1-3H3,(H,27,30)(H,28,31). The van der Waals surface area contributed by atoms with Crippen LogP contribution in [0, 0.1) is 18.8 Å². The summed E-state index contributed by atoms with van der Waals surface area (Å²) in [5.74, 6) is 0.316. The molecular weight excluding hydrogens is 402 g/mol. The van der Waals surface area contributed by atoms with E-state index in [2.05, 4.69) is 24.5 Å². The lowest BCUT2D eigenvalue weighted by Crippen LogP contribution is -2.43. The number of para-hydroxylation sites is 1. The van der Waals surface area contributed by atoms with Gasteiger partial charge in [0.15, 0.2) is 0 Å². The molecule has 1 saturated heterocycles. The number of benzene rings is 2. The molecule has 1 aliphatic heterocycles. The molecule has 170 valence electrons. The van der Waals surface area contributed by atoms with E-state index in [0.717, 1.165) is 25.1 Å². The number of carbonyl (C=O) groups is 3. The fraction of sp³-hybridized carbons (Fsp3) is 0.423. The first-order valence-electron chi connectivity index (χ1n) is 11.3. The molecule has 1 fully saturated rings. The Hall–Kier alpha value is -3.15. The summed E-state index contributed by atoms with van der Waals surface area (Å²) in [6.45, 7) is 7.66. The lowest BCUT2D eigenvalue weighted by molar-refractivity contribution is -0.124. The molecule has 3 amide bonds. The smallest absolute Gasteiger partial charge is 0.255 e. The minimum absolute atomic E-state index is 0.0681. The lowest BCUT2D eigenvalue weighted by atomic mass is 9.91. The van der Waals surface area contributed by atoms with Gasteiger partial charge in [0.1, 0.15) is 0 Å². The number of hydrogen-bond acceptors (Lipinski definition) is 3. The number of nitrogens with zero attached hydrogens (tertiary/aromatic N) is 1. The largest absolute Gasteiger partial charge is 0.347 e. The van der Waals surface area contributed by atoms with Crippen molar-refractivity contribution in [3.05, 3.63) is 65.2 Å². The Morgan fingerprint density at radius 1 is 0.938 bits per heavy atom. The molecule has 6 heteroatoms. The van der Waals surface area contributed by atoms with Crippen molar-refractivity contribution in [1.29, 1.82) is 0 Å². The van der Waals surface area contributed by atoms with E-state index in [1.807, 2.05) is 36.1 Å². The van der Waals surface area contributed by atoms with E-state index in [1.165, 1.54) is 5.56 Å². The number of piperidine rings is 1. The normalized spacial score (nSPS) is 18.2. The van der Waals surface area contributed by atoms with Gasteiger partial charge in [-0.2, -0.15) is 0 Å². The Morgan fingerprint density at radius 3 is 2.28 bits per heavy atom. The van der Waals surface area contributed by atoms with Gasteiger partial charge in [0.25, 0.3) is 5.91 Å². The summed E-state index contributed by atoms with van der Waals surface area (Å²) in [6, 6.07) is 15.1. The van der Waals surface area contributed by atoms with Crippen molar-refractivity contribution >= 4 is 23.4 Å². The highest BCUT2D eigenvalue weighted by Crippen LogP contribution is 2.25. The topological polar surface area (TPSA) is 78.5 Å². The minimum Gasteiger partial charge on any atom is -0.347 e. The molecule has 0 aliphatic carbocycles. The van der Waals surface area contributed by atoms with E-state index in [-0.39, 0.29) is 24.3 Å². The Kier molecular flexibility index (Phi) is 8.03. The van der Waals surface area contributed by atoms with Crippen LogP contribution in [0.15, 0.2) is 48.5 Å². The number of amides is 3. The van der Waals surface area contributed by atoms with Crippen molar-refractivity contribution in [3.8, 4) is 0 Å². The maximum absolute atomic E-state index is 13.1. The number of nitrogens with one attached hydrogen (secondary N) is 2. The first kappa shape index (κ1) is 23.5. The molecule has 2 unspecified atom stereocenters. The van der Waals surface area contributed by atoms with Crippen molar-refractivity contribution < 1.29 is 14.4 Å². The van der Waals surface area contributed by atoms with Crippen LogP contribution in [0.25, 0.3) is 0 Å². The molecule has 0 saturated carbocycles. The van der Waals surface area contributed by atoms with E-state index in [0.29, 0.717) is 35.9 Å². The van der Waals surface area contributed by atoms with Crippen molar-refractivity contribution in [2.45, 2.75) is 40.0 Å². The summed E-state index contributed by atoms with van der Waals surface area (Å²) in [7, 11) is 0. The van der Waals surface area contributed by atoms with Gasteiger partial charge in [-0.1, -0.05) is 55.8 Å². The third-order valence-corrected chi connectivity index (χ3v) is 5.80. The van der Waals surface area contributed by atoms with Crippen molar-refractivity contribution in [2.75, 3.05) is 25.0 Å². The number of carbonyl (C=O) groups excluding carboxylic acids is 3. The van der Waals surface area contributed by atoms with Crippen molar-refractivity contribution in [2.24, 2.45) is 11.8 Å². The highest BCUT2D eigenvalue weighted by atomic mass is 16.2. The first-order valence-corrected chi connectivity index (χ1v) is 11.3. The van der Waals surface area contributed by atoms with Crippen LogP contribution in [0.5, 0.6) is 0 Å². The second-order valence-electron chi connectivity index (χ2n) is 9.01. The average Bonchev–Trinajstić information content (AvgIpc) is 2.76. The molecule has 1 heterocycles. The quantitative estimate of drug-likeness (QED) is 0.694. The number of aryl methyl sites for hydroxylation is 2. The summed E-state index contributed by atoms with van der Waals surface area (Å²) in [6.07, 6.45) is 2.06. The summed E-state index contributed by atoms with van der Waals surface area (Å²) >= 11 is 0. The van der Waals surface area contributed by atoms with Crippen LogP contribution >= 0.6 is 0 Å². The van der Waals surface area contributed by atoms with Crippen molar-refractivity contribution in [1.82, 2.24) is 10.2 Å². The Labute approximate surface area is 190 Å². The van der Waals surface area contributed by atoms with Gasteiger partial charge in [-0.15, -0.1) is 0 Å². The number of anilines is 1. The second-order valence-corrected chi connectivity index (χ2v) is 9.01. The molecule has 1 aliphatic rings. The van der Waals surface area contributed by atoms with E-state index in [9.17, 15) is 14.4 Å². The summed E-state index contributed by atoms with van der Waals surface area (Å²) in [4.78, 5) is 39.5. The minimum atomic E-state index is -0.352. The third-order valence-electron chi connectivity index (χ3n) is 5.80. The van der Waals surface area contributed by atoms with Gasteiger partial charge in [-0.25, -0.2) is 0 Å². The Balaban J connectivity index is 1.52.